The Bertz CT molecular complexity index is 137. The van der Waals surface area contributed by atoms with E-state index < -0.39 is 0 Å². The van der Waals surface area contributed by atoms with Crippen molar-refractivity contribution in [1.29, 1.82) is 0 Å². The number of β-amino-alcohol motifs (C(OH)–C–C–N with tert-alkyl or cyclic N) is 1. The lowest BCUT2D eigenvalue weighted by Gasteiger charge is -2.19. The summed E-state index contributed by atoms with van der Waals surface area (Å²) in [5.41, 5.74) is 5.37. The summed E-state index contributed by atoms with van der Waals surface area (Å²) >= 11 is 0. The minimum Gasteiger partial charge on any atom is -0.390 e. The fourth-order valence-corrected chi connectivity index (χ4v) is 1.82. The third-order valence-corrected chi connectivity index (χ3v) is 2.61. The lowest BCUT2D eigenvalue weighted by molar-refractivity contribution is 0.123. The maximum Gasteiger partial charge on any atom is 0.0791 e. The lowest BCUT2D eigenvalue weighted by Crippen LogP contribution is -2.37. The Kier molecular flexibility index (Phi) is 6.10. The number of nitrogens with one attached hydrogen (secondary N) is 1. The number of nitrogens with two attached hydrogens (primary N) is 1. The molecule has 0 amide bonds. The second-order valence-corrected chi connectivity index (χ2v) is 4.01. The van der Waals surface area contributed by atoms with Crippen molar-refractivity contribution < 1.29 is 5.11 Å². The molecule has 1 rings (SSSR count). The van der Waals surface area contributed by atoms with Gasteiger partial charge in [-0.2, -0.15) is 0 Å². The molecule has 0 bridgehead atoms. The molecule has 4 heteroatoms. The molecule has 4 N–H and O–H groups in total. The molecule has 0 aliphatic carbocycles. The van der Waals surface area contributed by atoms with E-state index >= 15 is 0 Å². The highest BCUT2D eigenvalue weighted by molar-refractivity contribution is 4.71. The number of hydrogen-bond acceptors (Lipinski definition) is 4. The third-order valence-electron chi connectivity index (χ3n) is 2.61. The predicted octanol–water partition coefficient (Wildman–Crippen LogP) is -0.618. The van der Waals surface area contributed by atoms with E-state index in [4.69, 9.17) is 5.73 Å². The second-order valence-electron chi connectivity index (χ2n) is 4.01. The van der Waals surface area contributed by atoms with Gasteiger partial charge in [-0.25, -0.2) is 0 Å². The van der Waals surface area contributed by atoms with Crippen LogP contribution in [0.3, 0.4) is 0 Å². The zero-order chi connectivity index (χ0) is 10.2. The van der Waals surface area contributed by atoms with Crippen molar-refractivity contribution in [1.82, 2.24) is 10.2 Å². The topological polar surface area (TPSA) is 61.5 Å². The van der Waals surface area contributed by atoms with E-state index in [1.54, 1.807) is 0 Å². The molecule has 1 saturated heterocycles. The van der Waals surface area contributed by atoms with E-state index in [1.165, 1.54) is 12.8 Å². The van der Waals surface area contributed by atoms with E-state index in [0.717, 1.165) is 39.1 Å². The Morgan fingerprint density at radius 2 is 2.07 bits per heavy atom. The van der Waals surface area contributed by atoms with Crippen LogP contribution in [-0.2, 0) is 0 Å². The molecule has 0 radical (unpaired) electrons. The van der Waals surface area contributed by atoms with Crippen LogP contribution in [0.1, 0.15) is 19.3 Å². The molecule has 1 aliphatic heterocycles. The van der Waals surface area contributed by atoms with Crippen molar-refractivity contribution in [3.05, 3.63) is 0 Å². The van der Waals surface area contributed by atoms with E-state index in [9.17, 15) is 5.11 Å². The molecule has 84 valence electrons. The van der Waals surface area contributed by atoms with Gasteiger partial charge in [0, 0.05) is 13.1 Å². The van der Waals surface area contributed by atoms with Crippen molar-refractivity contribution in [2.45, 2.75) is 25.4 Å². The molecular formula is C10H23N3O. The number of likely N-dealkylation sites (tertiary alicyclic amines) is 1. The highest BCUT2D eigenvalue weighted by Crippen LogP contribution is 2.07. The number of aliphatic hydroxyl groups excluding tert-OH is 1. The first-order valence-electron chi connectivity index (χ1n) is 5.64. The van der Waals surface area contributed by atoms with Crippen LogP contribution in [0.4, 0.5) is 0 Å². The number of hydrogen-bond donors (Lipinski definition) is 3. The Hall–Kier alpha value is -0.160. The first-order chi connectivity index (χ1) is 6.83. The third kappa shape index (κ3) is 4.91. The number of nitrogens with zero attached hydrogens (tertiary/aromatic N) is 1. The van der Waals surface area contributed by atoms with Gasteiger partial charge in [0.05, 0.1) is 6.10 Å². The summed E-state index contributed by atoms with van der Waals surface area (Å²) in [5, 5.41) is 12.9. The van der Waals surface area contributed by atoms with E-state index in [2.05, 4.69) is 10.2 Å². The van der Waals surface area contributed by atoms with Gasteiger partial charge in [0.1, 0.15) is 0 Å². The number of aliphatic hydroxyl groups is 1. The van der Waals surface area contributed by atoms with Crippen LogP contribution in [-0.4, -0.2) is 55.4 Å². The molecule has 0 aromatic rings. The Balaban J connectivity index is 1.95. The van der Waals surface area contributed by atoms with Crippen molar-refractivity contribution in [2.75, 3.05) is 39.3 Å². The van der Waals surface area contributed by atoms with Crippen molar-refractivity contribution >= 4 is 0 Å². The van der Waals surface area contributed by atoms with Crippen LogP contribution in [0.5, 0.6) is 0 Å². The summed E-state index contributed by atoms with van der Waals surface area (Å²) < 4.78 is 0. The normalized spacial score (nSPS) is 20.1. The Morgan fingerprint density at radius 1 is 1.36 bits per heavy atom. The molecule has 1 fully saturated rings. The molecule has 0 spiro atoms. The van der Waals surface area contributed by atoms with Gasteiger partial charge < -0.3 is 21.1 Å². The molecule has 0 aromatic carbocycles. The smallest absolute Gasteiger partial charge is 0.0791 e. The summed E-state index contributed by atoms with van der Waals surface area (Å²) in [4.78, 5) is 2.33. The van der Waals surface area contributed by atoms with Crippen LogP contribution < -0.4 is 11.1 Å². The van der Waals surface area contributed by atoms with E-state index in [0.29, 0.717) is 6.54 Å². The largest absolute Gasteiger partial charge is 0.390 e. The molecule has 1 unspecified atom stereocenters. The van der Waals surface area contributed by atoms with Gasteiger partial charge >= 0.3 is 0 Å². The second kappa shape index (κ2) is 7.17. The van der Waals surface area contributed by atoms with Crippen LogP contribution in [0.15, 0.2) is 0 Å². The fourth-order valence-electron chi connectivity index (χ4n) is 1.82. The van der Waals surface area contributed by atoms with Crippen LogP contribution >= 0.6 is 0 Å². The minimum absolute atomic E-state index is 0.231. The lowest BCUT2D eigenvalue weighted by atomic mass is 10.3. The van der Waals surface area contributed by atoms with Crippen molar-refractivity contribution in [3.8, 4) is 0 Å². The zero-order valence-electron chi connectivity index (χ0n) is 8.91. The number of rotatable bonds is 7. The van der Waals surface area contributed by atoms with Gasteiger partial charge in [-0.1, -0.05) is 0 Å². The average Bonchev–Trinajstić information content (AvgIpc) is 2.65. The van der Waals surface area contributed by atoms with Gasteiger partial charge in [0.15, 0.2) is 0 Å². The van der Waals surface area contributed by atoms with Crippen molar-refractivity contribution in [3.63, 3.8) is 0 Å². The summed E-state index contributed by atoms with van der Waals surface area (Å²) in [6.45, 7) is 5.44. The van der Waals surface area contributed by atoms with Gasteiger partial charge in [-0.15, -0.1) is 0 Å². The minimum atomic E-state index is -0.231. The van der Waals surface area contributed by atoms with Gasteiger partial charge in [0.2, 0.25) is 0 Å². The van der Waals surface area contributed by atoms with Crippen LogP contribution in [0.2, 0.25) is 0 Å². The van der Waals surface area contributed by atoms with Crippen LogP contribution in [0.25, 0.3) is 0 Å². The monoisotopic (exact) mass is 201 g/mol. The molecule has 4 nitrogen and oxygen atoms in total. The van der Waals surface area contributed by atoms with Crippen LogP contribution in [0, 0.1) is 0 Å². The molecule has 1 heterocycles. The maximum atomic E-state index is 9.67. The van der Waals surface area contributed by atoms with Gasteiger partial charge in [0.25, 0.3) is 0 Å². The first-order valence-corrected chi connectivity index (χ1v) is 5.64. The van der Waals surface area contributed by atoms with Gasteiger partial charge in [-0.3, -0.25) is 0 Å². The molecule has 0 saturated carbocycles. The van der Waals surface area contributed by atoms with E-state index in [-0.39, 0.29) is 6.10 Å². The summed E-state index contributed by atoms with van der Waals surface area (Å²) in [5.74, 6) is 0. The summed E-state index contributed by atoms with van der Waals surface area (Å²) in [6, 6.07) is 0. The maximum absolute atomic E-state index is 9.67. The molecule has 1 aliphatic rings. The van der Waals surface area contributed by atoms with E-state index in [1.807, 2.05) is 0 Å². The fraction of sp³-hybridized carbons (Fsp3) is 1.00. The Morgan fingerprint density at radius 3 is 2.71 bits per heavy atom. The summed E-state index contributed by atoms with van der Waals surface area (Å²) in [7, 11) is 0. The molecule has 0 aromatic heterocycles. The Labute approximate surface area is 86.5 Å². The highest BCUT2D eigenvalue weighted by Gasteiger charge is 2.14. The SMILES string of the molecule is NCCCNCC(O)CN1CCCC1. The highest BCUT2D eigenvalue weighted by atomic mass is 16.3. The summed E-state index contributed by atoms with van der Waals surface area (Å²) in [6.07, 6.45) is 3.32. The molecular weight excluding hydrogens is 178 g/mol. The molecule has 14 heavy (non-hydrogen) atoms. The average molecular weight is 201 g/mol. The quantitative estimate of drug-likeness (QED) is 0.481. The van der Waals surface area contributed by atoms with Crippen molar-refractivity contribution in [2.24, 2.45) is 5.73 Å². The zero-order valence-corrected chi connectivity index (χ0v) is 8.91. The predicted molar refractivity (Wildman–Crippen MR) is 58.2 cm³/mol. The molecule has 1 atom stereocenters. The van der Waals surface area contributed by atoms with Gasteiger partial charge in [-0.05, 0) is 45.4 Å². The first kappa shape index (κ1) is 11.9. The standard InChI is InChI=1S/C10H23N3O/c11-4-3-5-12-8-10(14)9-13-6-1-2-7-13/h10,12,14H,1-9,11H2.